The first-order chi connectivity index (χ1) is 9.76. The van der Waals surface area contributed by atoms with Crippen LogP contribution in [0.15, 0.2) is 22.7 Å². The second-order valence-electron chi connectivity index (χ2n) is 5.65. The minimum Gasteiger partial charge on any atom is -0.482 e. The number of carbonyl (C=O) groups is 2. The Balaban J connectivity index is 0.00000242. The number of benzene rings is 1. The lowest BCUT2D eigenvalue weighted by Gasteiger charge is -2.29. The number of halogens is 2. The van der Waals surface area contributed by atoms with E-state index in [1.54, 1.807) is 18.2 Å². The van der Waals surface area contributed by atoms with Crippen LogP contribution < -0.4 is 20.7 Å². The van der Waals surface area contributed by atoms with Gasteiger partial charge in [0.05, 0.1) is 5.69 Å². The predicted molar refractivity (Wildman–Crippen MR) is 90.5 cm³/mol. The molecule has 2 rings (SSSR count). The number of nitrogens with zero attached hydrogens (tertiary/aromatic N) is 1. The molecule has 0 saturated carbocycles. The molecule has 0 fully saturated rings. The van der Waals surface area contributed by atoms with Crippen molar-refractivity contribution in [3.63, 3.8) is 0 Å². The molecule has 8 heteroatoms. The first kappa shape index (κ1) is 18.7. The molecule has 22 heavy (non-hydrogen) atoms. The van der Waals surface area contributed by atoms with Gasteiger partial charge < -0.3 is 15.8 Å². The first-order valence-corrected chi connectivity index (χ1v) is 7.34. The Hall–Kier alpha value is -1.31. The smallest absolute Gasteiger partial charge is 0.265 e. The van der Waals surface area contributed by atoms with Gasteiger partial charge in [-0.05, 0) is 32.0 Å². The summed E-state index contributed by atoms with van der Waals surface area (Å²) in [5.74, 6) is 0.0838. The van der Waals surface area contributed by atoms with E-state index in [1.165, 1.54) is 4.90 Å². The average molecular weight is 393 g/mol. The number of anilines is 1. The molecule has 0 bridgehead atoms. The molecule has 1 aliphatic rings. The van der Waals surface area contributed by atoms with Crippen molar-refractivity contribution >= 4 is 45.8 Å². The Morgan fingerprint density at radius 3 is 2.82 bits per heavy atom. The molecule has 0 atom stereocenters. The van der Waals surface area contributed by atoms with Crippen LogP contribution in [0.4, 0.5) is 5.69 Å². The summed E-state index contributed by atoms with van der Waals surface area (Å²) in [6, 6.07) is 5.32. The van der Waals surface area contributed by atoms with Gasteiger partial charge >= 0.3 is 0 Å². The summed E-state index contributed by atoms with van der Waals surface area (Å²) in [5, 5.41) is 2.72. The van der Waals surface area contributed by atoms with Crippen molar-refractivity contribution < 1.29 is 14.3 Å². The maximum Gasteiger partial charge on any atom is 0.265 e. The lowest BCUT2D eigenvalue weighted by atomic mass is 10.1. The Labute approximate surface area is 143 Å². The fraction of sp³-hybridized carbons (Fsp3) is 0.429. The number of hydrogen-bond acceptors (Lipinski definition) is 4. The maximum absolute atomic E-state index is 12.0. The Bertz CT molecular complexity index is 575. The number of nitrogens with one attached hydrogen (secondary N) is 1. The molecule has 0 spiro atoms. The van der Waals surface area contributed by atoms with Crippen LogP contribution in [0.25, 0.3) is 0 Å². The highest BCUT2D eigenvalue weighted by Crippen LogP contribution is 2.34. The standard InChI is InChI=1S/C14H18BrN3O3.ClH/c1-14(2,16)8-17-12(19)6-18-10-4-3-9(15)5-11(10)21-7-13(18)20;/h3-5H,6-8,16H2,1-2H3,(H,17,19);1H. The van der Waals surface area contributed by atoms with E-state index in [0.717, 1.165) is 4.47 Å². The van der Waals surface area contributed by atoms with Gasteiger partial charge in [0.2, 0.25) is 5.91 Å². The second kappa shape index (κ2) is 7.30. The Morgan fingerprint density at radius 2 is 2.18 bits per heavy atom. The molecule has 122 valence electrons. The highest BCUT2D eigenvalue weighted by Gasteiger charge is 2.27. The van der Waals surface area contributed by atoms with E-state index >= 15 is 0 Å². The highest BCUT2D eigenvalue weighted by atomic mass is 79.9. The number of fused-ring (bicyclic) bond motifs is 1. The van der Waals surface area contributed by atoms with Gasteiger partial charge in [-0.25, -0.2) is 0 Å². The molecular formula is C14H19BrClN3O3. The second-order valence-corrected chi connectivity index (χ2v) is 6.56. The summed E-state index contributed by atoms with van der Waals surface area (Å²) in [7, 11) is 0. The van der Waals surface area contributed by atoms with Gasteiger partial charge in [-0.3, -0.25) is 14.5 Å². The highest BCUT2D eigenvalue weighted by molar-refractivity contribution is 9.10. The predicted octanol–water partition coefficient (Wildman–Crippen LogP) is 1.45. The zero-order valence-electron chi connectivity index (χ0n) is 12.4. The summed E-state index contributed by atoms with van der Waals surface area (Å²) in [6.07, 6.45) is 0. The van der Waals surface area contributed by atoms with Crippen LogP contribution in [0.1, 0.15) is 13.8 Å². The van der Waals surface area contributed by atoms with Crippen LogP contribution in [0.5, 0.6) is 5.75 Å². The topological polar surface area (TPSA) is 84.7 Å². The minimum absolute atomic E-state index is 0. The molecule has 0 aliphatic carbocycles. The quantitative estimate of drug-likeness (QED) is 0.812. The molecule has 6 nitrogen and oxygen atoms in total. The van der Waals surface area contributed by atoms with Crippen molar-refractivity contribution in [3.8, 4) is 5.75 Å². The summed E-state index contributed by atoms with van der Waals surface area (Å²) in [4.78, 5) is 25.4. The van der Waals surface area contributed by atoms with Crippen molar-refractivity contribution in [2.45, 2.75) is 19.4 Å². The third kappa shape index (κ3) is 4.86. The van der Waals surface area contributed by atoms with Gasteiger partial charge in [0.1, 0.15) is 12.3 Å². The lowest BCUT2D eigenvalue weighted by Crippen LogP contribution is -2.49. The number of amides is 2. The molecule has 0 saturated heterocycles. The van der Waals surface area contributed by atoms with Gasteiger partial charge in [-0.1, -0.05) is 15.9 Å². The average Bonchev–Trinajstić information content (AvgIpc) is 2.39. The minimum atomic E-state index is -0.493. The van der Waals surface area contributed by atoms with Gasteiger partial charge in [0.15, 0.2) is 6.61 Å². The number of ether oxygens (including phenoxy) is 1. The summed E-state index contributed by atoms with van der Waals surface area (Å²) < 4.78 is 6.22. The molecule has 1 heterocycles. The molecule has 1 aromatic rings. The van der Waals surface area contributed by atoms with Crippen molar-refractivity contribution in [2.24, 2.45) is 5.73 Å². The number of rotatable bonds is 4. The molecule has 1 aromatic carbocycles. The zero-order chi connectivity index (χ0) is 15.6. The molecule has 0 aromatic heterocycles. The van der Waals surface area contributed by atoms with Gasteiger partial charge in [0, 0.05) is 16.6 Å². The Morgan fingerprint density at radius 1 is 1.50 bits per heavy atom. The van der Waals surface area contributed by atoms with Crippen molar-refractivity contribution in [1.82, 2.24) is 5.32 Å². The number of nitrogens with two attached hydrogens (primary N) is 1. The summed E-state index contributed by atoms with van der Waals surface area (Å²) in [5.41, 5.74) is 5.92. The molecular weight excluding hydrogens is 374 g/mol. The largest absolute Gasteiger partial charge is 0.482 e. The summed E-state index contributed by atoms with van der Waals surface area (Å²) >= 11 is 3.35. The van der Waals surface area contributed by atoms with Crippen LogP contribution >= 0.6 is 28.3 Å². The SMILES string of the molecule is CC(C)(N)CNC(=O)CN1C(=O)COc2cc(Br)ccc21.Cl. The normalized spacial score (nSPS) is 13.8. The van der Waals surface area contributed by atoms with Crippen LogP contribution in [-0.2, 0) is 9.59 Å². The first-order valence-electron chi connectivity index (χ1n) is 6.54. The van der Waals surface area contributed by atoms with Crippen molar-refractivity contribution in [2.75, 3.05) is 24.6 Å². The number of hydrogen-bond donors (Lipinski definition) is 2. The molecule has 0 unspecified atom stereocenters. The lowest BCUT2D eigenvalue weighted by molar-refractivity contribution is -0.125. The monoisotopic (exact) mass is 391 g/mol. The van der Waals surface area contributed by atoms with Gasteiger partial charge in [-0.15, -0.1) is 12.4 Å². The molecule has 1 aliphatic heterocycles. The van der Waals surface area contributed by atoms with E-state index in [1.807, 2.05) is 13.8 Å². The maximum atomic E-state index is 12.0. The molecule has 0 radical (unpaired) electrons. The van der Waals surface area contributed by atoms with E-state index < -0.39 is 5.54 Å². The molecule has 2 amide bonds. The van der Waals surface area contributed by atoms with E-state index in [9.17, 15) is 9.59 Å². The van der Waals surface area contributed by atoms with E-state index in [2.05, 4.69) is 21.2 Å². The molecule has 3 N–H and O–H groups in total. The van der Waals surface area contributed by atoms with Crippen molar-refractivity contribution in [3.05, 3.63) is 22.7 Å². The van der Waals surface area contributed by atoms with Crippen LogP contribution in [0, 0.1) is 0 Å². The fourth-order valence-corrected chi connectivity index (χ4v) is 2.22. The van der Waals surface area contributed by atoms with Crippen LogP contribution in [0.2, 0.25) is 0 Å². The third-order valence-electron chi connectivity index (χ3n) is 2.91. The van der Waals surface area contributed by atoms with E-state index in [0.29, 0.717) is 18.0 Å². The van der Waals surface area contributed by atoms with Gasteiger partial charge in [0.25, 0.3) is 5.91 Å². The van der Waals surface area contributed by atoms with E-state index in [-0.39, 0.29) is 37.4 Å². The third-order valence-corrected chi connectivity index (χ3v) is 3.40. The summed E-state index contributed by atoms with van der Waals surface area (Å²) in [6.45, 7) is 3.86. The Kier molecular flexibility index (Phi) is 6.22. The van der Waals surface area contributed by atoms with Crippen LogP contribution in [0.3, 0.4) is 0 Å². The number of carbonyl (C=O) groups excluding carboxylic acids is 2. The fourth-order valence-electron chi connectivity index (χ4n) is 1.88. The van der Waals surface area contributed by atoms with Gasteiger partial charge in [-0.2, -0.15) is 0 Å². The van der Waals surface area contributed by atoms with Crippen molar-refractivity contribution in [1.29, 1.82) is 0 Å². The van der Waals surface area contributed by atoms with Crippen LogP contribution in [-0.4, -0.2) is 37.0 Å². The van der Waals surface area contributed by atoms with E-state index in [4.69, 9.17) is 10.5 Å². The zero-order valence-corrected chi connectivity index (χ0v) is 14.8.